The number of rotatable bonds is 5. The van der Waals surface area contributed by atoms with Crippen molar-refractivity contribution in [3.63, 3.8) is 0 Å². The fourth-order valence-electron chi connectivity index (χ4n) is 0.652. The molecule has 0 fully saturated rings. The van der Waals surface area contributed by atoms with E-state index < -0.39 is 37.5 Å². The molecule has 8 nitrogen and oxygen atoms in total. The third-order valence-corrected chi connectivity index (χ3v) is 1.34. The highest BCUT2D eigenvalue weighted by atomic mass is 16.4. The average Bonchev–Trinajstić information content (AvgIpc) is 2.16. The van der Waals surface area contributed by atoms with E-state index in [-0.39, 0.29) is 0 Å². The maximum atomic E-state index is 10.8. The summed E-state index contributed by atoms with van der Waals surface area (Å²) in [4.78, 5) is 21.5. The number of carbonyl (C=O) groups is 2. The van der Waals surface area contributed by atoms with E-state index in [1.54, 1.807) is 10.6 Å². The molecule has 0 aromatic carbocycles. The Morgan fingerprint density at radius 2 is 1.21 bits per heavy atom. The van der Waals surface area contributed by atoms with Crippen LogP contribution in [0.1, 0.15) is 0 Å². The van der Waals surface area contributed by atoms with Crippen molar-refractivity contribution in [2.24, 2.45) is 0 Å². The van der Waals surface area contributed by atoms with Crippen molar-refractivity contribution < 1.29 is 30.0 Å². The Hall–Kier alpha value is -1.22. The molecular weight excluding hydrogens is 196 g/mol. The van der Waals surface area contributed by atoms with Crippen molar-refractivity contribution in [1.29, 1.82) is 0 Å². The SMILES string of the molecule is O=C(NCO)C(O)C(O)C(=O)NCO. The van der Waals surface area contributed by atoms with Gasteiger partial charge in [-0.25, -0.2) is 0 Å². The fraction of sp³-hybridized carbons (Fsp3) is 0.667. The number of aliphatic hydroxyl groups is 4. The van der Waals surface area contributed by atoms with E-state index in [1.807, 2.05) is 0 Å². The lowest BCUT2D eigenvalue weighted by molar-refractivity contribution is -0.147. The van der Waals surface area contributed by atoms with Crippen LogP contribution in [0.2, 0.25) is 0 Å². The summed E-state index contributed by atoms with van der Waals surface area (Å²) in [5.74, 6) is -2.18. The van der Waals surface area contributed by atoms with E-state index >= 15 is 0 Å². The molecule has 8 heteroatoms. The van der Waals surface area contributed by atoms with Gasteiger partial charge in [-0.2, -0.15) is 0 Å². The van der Waals surface area contributed by atoms with E-state index in [0.717, 1.165) is 0 Å². The molecule has 0 saturated heterocycles. The molecule has 0 aliphatic carbocycles. The molecule has 0 bridgehead atoms. The van der Waals surface area contributed by atoms with Crippen LogP contribution in [0.3, 0.4) is 0 Å². The quantitative estimate of drug-likeness (QED) is 0.253. The van der Waals surface area contributed by atoms with Crippen LogP contribution in [0.15, 0.2) is 0 Å². The lowest BCUT2D eigenvalue weighted by atomic mass is 10.2. The Bertz CT molecular complexity index is 186. The average molecular weight is 208 g/mol. The molecule has 0 aromatic rings. The predicted octanol–water partition coefficient (Wildman–Crippen LogP) is -4.16. The van der Waals surface area contributed by atoms with Crippen LogP contribution in [0.25, 0.3) is 0 Å². The summed E-state index contributed by atoms with van der Waals surface area (Å²) < 4.78 is 0. The molecule has 2 unspecified atom stereocenters. The van der Waals surface area contributed by atoms with E-state index in [9.17, 15) is 9.59 Å². The van der Waals surface area contributed by atoms with E-state index in [4.69, 9.17) is 20.4 Å². The molecule has 0 aromatic heterocycles. The third-order valence-electron chi connectivity index (χ3n) is 1.34. The minimum Gasteiger partial charge on any atom is -0.380 e. The van der Waals surface area contributed by atoms with Crippen LogP contribution in [0.5, 0.6) is 0 Å². The predicted molar refractivity (Wildman–Crippen MR) is 42.5 cm³/mol. The van der Waals surface area contributed by atoms with Gasteiger partial charge in [-0.05, 0) is 0 Å². The Morgan fingerprint density at radius 1 is 0.929 bits per heavy atom. The van der Waals surface area contributed by atoms with Gasteiger partial charge in [0.15, 0.2) is 12.2 Å². The molecule has 0 radical (unpaired) electrons. The lowest BCUT2D eigenvalue weighted by Gasteiger charge is -2.15. The van der Waals surface area contributed by atoms with Gasteiger partial charge in [-0.1, -0.05) is 0 Å². The van der Waals surface area contributed by atoms with Crippen LogP contribution in [0, 0.1) is 0 Å². The van der Waals surface area contributed by atoms with E-state index in [1.165, 1.54) is 0 Å². The van der Waals surface area contributed by atoms with Crippen molar-refractivity contribution in [2.45, 2.75) is 12.2 Å². The molecule has 0 heterocycles. The second-order valence-corrected chi connectivity index (χ2v) is 2.29. The first kappa shape index (κ1) is 12.8. The van der Waals surface area contributed by atoms with Gasteiger partial charge < -0.3 is 31.1 Å². The van der Waals surface area contributed by atoms with Crippen LogP contribution < -0.4 is 10.6 Å². The maximum absolute atomic E-state index is 10.8. The van der Waals surface area contributed by atoms with E-state index in [2.05, 4.69) is 0 Å². The van der Waals surface area contributed by atoms with Crippen LogP contribution in [0.4, 0.5) is 0 Å². The minimum absolute atomic E-state index is 0.718. The summed E-state index contributed by atoms with van der Waals surface area (Å²) in [5, 5.41) is 38.1. The second kappa shape index (κ2) is 6.27. The largest absolute Gasteiger partial charge is 0.380 e. The number of carbonyl (C=O) groups excluding carboxylic acids is 2. The summed E-state index contributed by atoms with van der Waals surface area (Å²) in [7, 11) is 0. The fourth-order valence-corrected chi connectivity index (χ4v) is 0.652. The molecule has 2 amide bonds. The van der Waals surface area contributed by atoms with Gasteiger partial charge in [-0.3, -0.25) is 9.59 Å². The highest BCUT2D eigenvalue weighted by Crippen LogP contribution is 1.93. The zero-order chi connectivity index (χ0) is 11.1. The summed E-state index contributed by atoms with van der Waals surface area (Å²) in [6.45, 7) is -1.44. The van der Waals surface area contributed by atoms with Gasteiger partial charge in [0.05, 0.1) is 0 Å². The lowest BCUT2D eigenvalue weighted by Crippen LogP contribution is -2.49. The summed E-state index contributed by atoms with van der Waals surface area (Å²) in [6.07, 6.45) is -3.98. The highest BCUT2D eigenvalue weighted by Gasteiger charge is 2.29. The highest BCUT2D eigenvalue weighted by molar-refractivity contribution is 5.90. The first-order valence-corrected chi connectivity index (χ1v) is 3.67. The van der Waals surface area contributed by atoms with Gasteiger partial charge in [0.25, 0.3) is 11.8 Å². The summed E-state index contributed by atoms with van der Waals surface area (Å²) in [6, 6.07) is 0. The molecular formula is C6H12N2O6. The first-order valence-electron chi connectivity index (χ1n) is 3.67. The Balaban J connectivity index is 4.16. The third kappa shape index (κ3) is 3.66. The van der Waals surface area contributed by atoms with Gasteiger partial charge in [0, 0.05) is 0 Å². The first-order chi connectivity index (χ1) is 6.54. The van der Waals surface area contributed by atoms with Gasteiger partial charge in [0.1, 0.15) is 13.5 Å². The Kier molecular flexibility index (Phi) is 5.72. The van der Waals surface area contributed by atoms with Crippen molar-refractivity contribution in [1.82, 2.24) is 10.6 Å². The van der Waals surface area contributed by atoms with Gasteiger partial charge >= 0.3 is 0 Å². The standard InChI is InChI=1S/C6H12N2O6/c9-1-7-5(13)3(11)4(12)6(14)8-2-10/h3-4,9-12H,1-2H2,(H,7,13)(H,8,14). The normalized spacial score (nSPS) is 14.3. The van der Waals surface area contributed by atoms with Crippen molar-refractivity contribution in [3.05, 3.63) is 0 Å². The summed E-state index contributed by atoms with van der Waals surface area (Å²) in [5.41, 5.74) is 0. The molecule has 0 aliphatic heterocycles. The van der Waals surface area contributed by atoms with Crippen molar-refractivity contribution in [3.8, 4) is 0 Å². The molecule has 14 heavy (non-hydrogen) atoms. The number of hydrogen-bond donors (Lipinski definition) is 6. The van der Waals surface area contributed by atoms with Gasteiger partial charge in [-0.15, -0.1) is 0 Å². The molecule has 82 valence electrons. The molecule has 0 rings (SSSR count). The zero-order valence-electron chi connectivity index (χ0n) is 7.17. The molecule has 0 spiro atoms. The number of aliphatic hydroxyl groups excluding tert-OH is 4. The van der Waals surface area contributed by atoms with Crippen LogP contribution >= 0.6 is 0 Å². The Labute approximate surface area is 79.2 Å². The van der Waals surface area contributed by atoms with E-state index in [0.29, 0.717) is 0 Å². The topological polar surface area (TPSA) is 139 Å². The van der Waals surface area contributed by atoms with Crippen LogP contribution in [-0.4, -0.2) is 57.9 Å². The molecule has 2 atom stereocenters. The molecule has 0 aliphatic rings. The minimum atomic E-state index is -1.99. The summed E-state index contributed by atoms with van der Waals surface area (Å²) >= 11 is 0. The molecule has 6 N–H and O–H groups in total. The number of nitrogens with one attached hydrogen (secondary N) is 2. The second-order valence-electron chi connectivity index (χ2n) is 2.29. The number of hydrogen-bond acceptors (Lipinski definition) is 6. The van der Waals surface area contributed by atoms with Crippen molar-refractivity contribution >= 4 is 11.8 Å². The molecule has 0 saturated carbocycles. The zero-order valence-corrected chi connectivity index (χ0v) is 7.17. The maximum Gasteiger partial charge on any atom is 0.253 e. The van der Waals surface area contributed by atoms with Gasteiger partial charge in [0.2, 0.25) is 0 Å². The van der Waals surface area contributed by atoms with Crippen molar-refractivity contribution in [2.75, 3.05) is 13.5 Å². The Morgan fingerprint density at radius 3 is 1.43 bits per heavy atom. The van der Waals surface area contributed by atoms with Crippen LogP contribution in [-0.2, 0) is 9.59 Å². The number of amides is 2. The monoisotopic (exact) mass is 208 g/mol. The smallest absolute Gasteiger partial charge is 0.253 e.